The molecule has 0 saturated carbocycles. The summed E-state index contributed by atoms with van der Waals surface area (Å²) in [5.74, 6) is -0.329. The number of ether oxygens (including phenoxy) is 1. The van der Waals surface area contributed by atoms with E-state index in [9.17, 15) is 22.8 Å². The summed E-state index contributed by atoms with van der Waals surface area (Å²) >= 11 is 0.676. The van der Waals surface area contributed by atoms with E-state index in [1.807, 2.05) is 0 Å². The zero-order chi connectivity index (χ0) is 22.5. The molecule has 4 aromatic rings. The number of aryl methyl sites for hydroxylation is 1. The molecule has 0 unspecified atom stereocenters. The summed E-state index contributed by atoms with van der Waals surface area (Å²) in [6.07, 6.45) is -4.75. The molecule has 0 aliphatic carbocycles. The first-order valence-corrected chi connectivity index (χ1v) is 9.50. The Balaban J connectivity index is 1.95. The Kier molecular flexibility index (Phi) is 4.81. The van der Waals surface area contributed by atoms with Gasteiger partial charge >= 0.3 is 17.5 Å². The van der Waals surface area contributed by atoms with Gasteiger partial charge in [0.15, 0.2) is 7.05 Å². The largest absolute Gasteiger partial charge is 0.497 e. The molecule has 0 saturated heterocycles. The Bertz CT molecular complexity index is 1370. The zero-order valence-corrected chi connectivity index (χ0v) is 16.9. The maximum atomic E-state index is 13.9. The molecule has 0 bridgehead atoms. The van der Waals surface area contributed by atoms with Gasteiger partial charge in [-0.1, -0.05) is 4.68 Å². The number of nitrogens with zero attached hydrogens (tertiary/aromatic N) is 2. The van der Waals surface area contributed by atoms with Crippen LogP contribution in [0.1, 0.15) is 20.9 Å². The van der Waals surface area contributed by atoms with E-state index < -0.39 is 34.5 Å². The highest BCUT2D eigenvalue weighted by atomic mass is 32.1. The molecule has 0 atom stereocenters. The molecule has 1 aromatic carbocycles. The highest BCUT2D eigenvalue weighted by Gasteiger charge is 2.38. The molecule has 0 amide bonds. The molecule has 3 aromatic heterocycles. The van der Waals surface area contributed by atoms with E-state index in [4.69, 9.17) is 10.5 Å². The number of halogens is 3. The summed E-state index contributed by atoms with van der Waals surface area (Å²) < 4.78 is 52.2. The lowest BCUT2D eigenvalue weighted by Gasteiger charge is -2.11. The number of benzene rings is 1. The number of thiophene rings is 1. The third-order valence-electron chi connectivity index (χ3n) is 4.62. The molecule has 0 spiro atoms. The van der Waals surface area contributed by atoms with Gasteiger partial charge in [-0.2, -0.15) is 13.2 Å². The van der Waals surface area contributed by atoms with Crippen LogP contribution in [0, 0.1) is 0 Å². The van der Waals surface area contributed by atoms with Crippen LogP contribution < -0.4 is 20.8 Å². The van der Waals surface area contributed by atoms with Crippen LogP contribution in [0.15, 0.2) is 39.6 Å². The Morgan fingerprint density at radius 1 is 1.29 bits per heavy atom. The number of ketones is 1. The van der Waals surface area contributed by atoms with Crippen molar-refractivity contribution in [2.24, 2.45) is 7.05 Å². The first-order valence-electron chi connectivity index (χ1n) is 8.68. The van der Waals surface area contributed by atoms with Gasteiger partial charge in [-0.05, 0) is 35.6 Å². The van der Waals surface area contributed by atoms with E-state index >= 15 is 0 Å². The topological polar surface area (TPSA) is 115 Å². The third-order valence-corrected chi connectivity index (χ3v) is 5.71. The van der Waals surface area contributed by atoms with Crippen molar-refractivity contribution in [2.45, 2.75) is 6.18 Å². The van der Waals surface area contributed by atoms with E-state index in [0.717, 1.165) is 10.7 Å². The number of hydrogen-bond donors (Lipinski definition) is 2. The SMILES string of the molecule is COc1ccc(-c2cc(C(F)(F)F)c3c(N)c(C(=O)c4c(=O)o[nH][n+]4C)sc3n2)cc1. The molecule has 0 fully saturated rings. The van der Waals surface area contributed by atoms with Crippen molar-refractivity contribution in [2.75, 3.05) is 12.8 Å². The van der Waals surface area contributed by atoms with Crippen molar-refractivity contribution < 1.29 is 31.9 Å². The Morgan fingerprint density at radius 3 is 2.52 bits per heavy atom. The van der Waals surface area contributed by atoms with Crippen molar-refractivity contribution in [1.82, 2.24) is 10.3 Å². The van der Waals surface area contributed by atoms with Gasteiger partial charge < -0.3 is 10.5 Å². The smallest absolute Gasteiger partial charge is 0.438 e. The number of alkyl halides is 3. The van der Waals surface area contributed by atoms with E-state index in [0.29, 0.717) is 22.6 Å². The minimum absolute atomic E-state index is 0.0504. The number of pyridine rings is 1. The Hall–Kier alpha value is -3.67. The van der Waals surface area contributed by atoms with Crippen LogP contribution in [-0.4, -0.2) is 23.1 Å². The van der Waals surface area contributed by atoms with Crippen molar-refractivity contribution in [3.63, 3.8) is 0 Å². The lowest BCUT2D eigenvalue weighted by Crippen LogP contribution is -2.39. The fourth-order valence-electron chi connectivity index (χ4n) is 3.12. The number of carbonyl (C=O) groups is 1. The van der Waals surface area contributed by atoms with E-state index in [1.165, 1.54) is 14.2 Å². The lowest BCUT2D eigenvalue weighted by atomic mass is 10.0. The van der Waals surface area contributed by atoms with Crippen molar-refractivity contribution in [1.29, 1.82) is 0 Å². The number of nitrogen functional groups attached to an aromatic ring is 1. The number of carbonyl (C=O) groups excluding carboxylic acids is 1. The van der Waals surface area contributed by atoms with Crippen LogP contribution in [-0.2, 0) is 13.2 Å². The van der Waals surface area contributed by atoms with Crippen molar-refractivity contribution in [3.05, 3.63) is 56.9 Å². The van der Waals surface area contributed by atoms with Crippen LogP contribution in [0.4, 0.5) is 18.9 Å². The van der Waals surface area contributed by atoms with Crippen molar-refractivity contribution in [3.8, 4) is 17.0 Å². The molecule has 31 heavy (non-hydrogen) atoms. The standard InChI is InChI=1S/C19H13F3N4O4S/c1-26-14(18(28)30-25-26)15(27)16-13(23)12-10(19(20,21)22)7-11(24-17(12)31-16)8-3-5-9(29-2)6-4-8/h3-7H,1-2H3,(H2-,23,25,27,28)/p+1. The second kappa shape index (κ2) is 7.23. The van der Waals surface area contributed by atoms with E-state index in [2.05, 4.69) is 14.8 Å². The number of hydrogen-bond acceptors (Lipinski definition) is 7. The zero-order valence-electron chi connectivity index (χ0n) is 16.0. The Labute approximate surface area is 175 Å². The molecular formula is C19H14F3N4O4S+. The average molecular weight is 451 g/mol. The second-order valence-corrected chi connectivity index (χ2v) is 7.52. The van der Waals surface area contributed by atoms with Crippen LogP contribution in [0.2, 0.25) is 0 Å². The number of rotatable bonds is 4. The minimum Gasteiger partial charge on any atom is -0.497 e. The first kappa shape index (κ1) is 20.6. The van der Waals surface area contributed by atoms with Gasteiger partial charge in [0.05, 0.1) is 24.1 Å². The molecule has 3 N–H and O–H groups in total. The maximum absolute atomic E-state index is 13.9. The summed E-state index contributed by atoms with van der Waals surface area (Å²) in [6, 6.07) is 7.21. The number of fused-ring (bicyclic) bond motifs is 1. The number of aromatic amines is 1. The molecule has 4 rings (SSSR count). The Morgan fingerprint density at radius 2 is 1.97 bits per heavy atom. The van der Waals surface area contributed by atoms with Gasteiger partial charge in [0, 0.05) is 10.9 Å². The number of aromatic nitrogens is 3. The quantitative estimate of drug-likeness (QED) is 0.364. The highest BCUT2D eigenvalue weighted by molar-refractivity contribution is 7.21. The molecule has 0 aliphatic rings. The molecule has 3 heterocycles. The fraction of sp³-hybridized carbons (Fsp3) is 0.158. The van der Waals surface area contributed by atoms with Gasteiger partial charge in [-0.25, -0.2) is 9.78 Å². The molecule has 12 heteroatoms. The number of anilines is 1. The summed E-state index contributed by atoms with van der Waals surface area (Å²) in [6.45, 7) is 0. The molecular weight excluding hydrogens is 437 g/mol. The van der Waals surface area contributed by atoms with E-state index in [1.54, 1.807) is 24.3 Å². The number of nitrogens with two attached hydrogens (primary N) is 1. The van der Waals surface area contributed by atoms with Gasteiger partial charge in [-0.15, -0.1) is 11.3 Å². The highest BCUT2D eigenvalue weighted by Crippen LogP contribution is 2.43. The summed E-state index contributed by atoms with van der Waals surface area (Å²) in [5, 5.41) is 1.79. The molecule has 0 radical (unpaired) electrons. The number of nitrogens with one attached hydrogen (secondary N) is 1. The van der Waals surface area contributed by atoms with Crippen LogP contribution >= 0.6 is 11.3 Å². The predicted molar refractivity (Wildman–Crippen MR) is 105 cm³/mol. The van der Waals surface area contributed by atoms with Crippen LogP contribution in [0.5, 0.6) is 5.75 Å². The molecule has 0 aliphatic heterocycles. The fourth-order valence-corrected chi connectivity index (χ4v) is 4.18. The van der Waals surface area contributed by atoms with E-state index in [-0.39, 0.29) is 20.8 Å². The summed E-state index contributed by atoms with van der Waals surface area (Å²) in [7, 11) is 2.82. The monoisotopic (exact) mass is 451 g/mol. The molecule has 160 valence electrons. The van der Waals surface area contributed by atoms with Crippen molar-refractivity contribution >= 4 is 33.0 Å². The van der Waals surface area contributed by atoms with Gasteiger partial charge in [0.25, 0.3) is 5.78 Å². The normalized spacial score (nSPS) is 11.8. The lowest BCUT2D eigenvalue weighted by molar-refractivity contribution is -0.741. The number of methoxy groups -OCH3 is 1. The molecule has 8 nitrogen and oxygen atoms in total. The van der Waals surface area contributed by atoms with Crippen LogP contribution in [0.25, 0.3) is 21.5 Å². The third kappa shape index (κ3) is 3.44. The van der Waals surface area contributed by atoms with Gasteiger partial charge in [0.2, 0.25) is 0 Å². The summed E-state index contributed by atoms with van der Waals surface area (Å²) in [5.41, 5.74) is 3.63. The minimum atomic E-state index is -4.75. The maximum Gasteiger partial charge on any atom is 0.438 e. The second-order valence-electron chi connectivity index (χ2n) is 6.52. The predicted octanol–water partition coefficient (Wildman–Crippen LogP) is 2.91. The average Bonchev–Trinajstić information content (AvgIpc) is 3.25. The van der Waals surface area contributed by atoms with Crippen LogP contribution in [0.3, 0.4) is 0 Å². The van der Waals surface area contributed by atoms with Gasteiger partial charge in [0.1, 0.15) is 15.5 Å². The summed E-state index contributed by atoms with van der Waals surface area (Å²) in [4.78, 5) is 28.6. The number of H-pyrrole nitrogens is 1. The first-order chi connectivity index (χ1) is 14.6. The van der Waals surface area contributed by atoms with Gasteiger partial charge in [-0.3, -0.25) is 9.32 Å².